The Bertz CT molecular complexity index is 1950. The maximum absolute atomic E-state index is 14.3. The van der Waals surface area contributed by atoms with Crippen molar-refractivity contribution in [2.24, 2.45) is 0 Å². The number of sulfonamides is 1. The maximum atomic E-state index is 14.3. The summed E-state index contributed by atoms with van der Waals surface area (Å²) in [5, 5.41) is 13.0. The third-order valence-electron chi connectivity index (χ3n) is 5.96. The van der Waals surface area contributed by atoms with E-state index in [9.17, 15) is 18.5 Å². The predicted molar refractivity (Wildman–Crippen MR) is 152 cm³/mol. The number of fused-ring (bicyclic) bond motifs is 1. The Labute approximate surface area is 229 Å². The summed E-state index contributed by atoms with van der Waals surface area (Å²) in [5.74, 6) is 0.575. The van der Waals surface area contributed by atoms with E-state index in [0.29, 0.717) is 33.5 Å². The van der Waals surface area contributed by atoms with Crippen molar-refractivity contribution in [2.75, 3.05) is 22.0 Å². The first-order valence-corrected chi connectivity index (χ1v) is 13.9. The number of nitriles is 1. The second kappa shape index (κ2) is 10.4. The van der Waals surface area contributed by atoms with Gasteiger partial charge in [0, 0.05) is 11.8 Å². The fourth-order valence-electron chi connectivity index (χ4n) is 4.32. The monoisotopic (exact) mass is 553 g/mol. The smallest absolute Gasteiger partial charge is 0.266 e. The van der Waals surface area contributed by atoms with E-state index in [1.54, 1.807) is 49.5 Å². The summed E-state index contributed by atoms with van der Waals surface area (Å²) < 4.78 is 27.4. The third kappa shape index (κ3) is 5.29. The molecule has 0 aliphatic carbocycles. The Balaban J connectivity index is 1.72. The second-order valence-corrected chi connectivity index (χ2v) is 10.7. The van der Waals surface area contributed by atoms with Crippen LogP contribution in [-0.2, 0) is 10.0 Å². The zero-order valence-corrected chi connectivity index (χ0v) is 22.2. The number of nitrogens with zero attached hydrogens (tertiary/aromatic N) is 6. The molecule has 5 aromatic rings. The topological polar surface area (TPSA) is 182 Å². The Morgan fingerprint density at radius 3 is 2.55 bits per heavy atom. The normalized spacial score (nSPS) is 12.0. The number of anilines is 3. The molecule has 0 amide bonds. The van der Waals surface area contributed by atoms with Crippen molar-refractivity contribution in [3.63, 3.8) is 0 Å². The van der Waals surface area contributed by atoms with E-state index in [1.807, 2.05) is 24.3 Å². The average Bonchev–Trinajstić information content (AvgIpc) is 2.92. The lowest BCUT2D eigenvalue weighted by atomic mass is 10.0. The lowest BCUT2D eigenvalue weighted by molar-refractivity contribution is 0.607. The van der Waals surface area contributed by atoms with Gasteiger partial charge in [-0.05, 0) is 36.8 Å². The molecule has 0 aliphatic heterocycles. The molecule has 40 heavy (non-hydrogen) atoms. The molecule has 200 valence electrons. The van der Waals surface area contributed by atoms with Crippen molar-refractivity contribution in [1.82, 2.24) is 24.5 Å². The Morgan fingerprint density at radius 2 is 1.82 bits per heavy atom. The van der Waals surface area contributed by atoms with Crippen molar-refractivity contribution in [3.8, 4) is 22.9 Å². The van der Waals surface area contributed by atoms with Gasteiger partial charge in [-0.25, -0.2) is 18.4 Å². The second-order valence-electron chi connectivity index (χ2n) is 8.95. The summed E-state index contributed by atoms with van der Waals surface area (Å²) in [6.45, 7) is 1.79. The summed E-state index contributed by atoms with van der Waals surface area (Å²) in [7, 11) is -3.53. The van der Waals surface area contributed by atoms with Gasteiger partial charge in [0.15, 0.2) is 0 Å². The van der Waals surface area contributed by atoms with Crippen LogP contribution in [0.2, 0.25) is 0 Å². The highest BCUT2D eigenvalue weighted by molar-refractivity contribution is 7.92. The summed E-state index contributed by atoms with van der Waals surface area (Å²) in [6.07, 6.45) is 5.31. The molecule has 0 spiro atoms. The van der Waals surface area contributed by atoms with E-state index >= 15 is 0 Å². The summed E-state index contributed by atoms with van der Waals surface area (Å²) in [4.78, 5) is 31.3. The maximum Gasteiger partial charge on any atom is 0.266 e. The number of rotatable bonds is 7. The number of nitrogen functional groups attached to an aromatic ring is 1. The first-order valence-electron chi connectivity index (χ1n) is 12.0. The van der Waals surface area contributed by atoms with Gasteiger partial charge < -0.3 is 11.1 Å². The molecule has 0 saturated carbocycles. The Morgan fingerprint density at radius 1 is 1.05 bits per heavy atom. The minimum atomic E-state index is -3.53. The van der Waals surface area contributed by atoms with Crippen molar-refractivity contribution in [3.05, 3.63) is 94.9 Å². The molecular weight excluding hydrogens is 530 g/mol. The summed E-state index contributed by atoms with van der Waals surface area (Å²) >= 11 is 0. The van der Waals surface area contributed by atoms with E-state index in [-0.39, 0.29) is 28.6 Å². The standard InChI is InChI=1S/C27H23N9O3S/c1-16(32-24-18(12-28)14-31-27(29)34-24)25-33-22-10-6-9-21(17-11-19(15-30-13-17)35-40(2,38)39)23(22)26(37)36(25)20-7-4-3-5-8-20/h3-11,13-16,35H,1-2H3,(H3,29,31,32,34)/t16-/m0/s1. The summed E-state index contributed by atoms with van der Waals surface area (Å²) in [6, 6.07) is 17.3. The van der Waals surface area contributed by atoms with E-state index in [2.05, 4.69) is 25.0 Å². The molecule has 3 aromatic heterocycles. The predicted octanol–water partition coefficient (Wildman–Crippen LogP) is 3.24. The summed E-state index contributed by atoms with van der Waals surface area (Å²) in [5.41, 5.74) is 7.92. The number of hydrogen-bond donors (Lipinski definition) is 3. The first kappa shape index (κ1) is 26.3. The van der Waals surface area contributed by atoms with Crippen molar-refractivity contribution in [1.29, 1.82) is 5.26 Å². The highest BCUT2D eigenvalue weighted by atomic mass is 32.2. The lowest BCUT2D eigenvalue weighted by Gasteiger charge is -2.21. The SMILES string of the molecule is C[C@H](Nc1nc(N)ncc1C#N)c1nc2cccc(-c3cncc(NS(C)(=O)=O)c3)c2c(=O)n1-c1ccccc1. The molecule has 3 heterocycles. The van der Waals surface area contributed by atoms with Crippen molar-refractivity contribution in [2.45, 2.75) is 13.0 Å². The van der Waals surface area contributed by atoms with Gasteiger partial charge in [0.25, 0.3) is 5.56 Å². The fraction of sp³-hybridized carbons (Fsp3) is 0.111. The molecule has 5 rings (SSSR count). The number of nitrogens with two attached hydrogens (primary N) is 1. The zero-order chi connectivity index (χ0) is 28.4. The van der Waals surface area contributed by atoms with Crippen LogP contribution in [0.25, 0.3) is 27.7 Å². The molecule has 2 aromatic carbocycles. The van der Waals surface area contributed by atoms with Crippen LogP contribution in [0.4, 0.5) is 17.5 Å². The minimum absolute atomic E-state index is 0.00790. The molecule has 0 bridgehead atoms. The van der Waals surface area contributed by atoms with Gasteiger partial charge >= 0.3 is 0 Å². The number of hydrogen-bond acceptors (Lipinski definition) is 10. The van der Waals surface area contributed by atoms with Crippen LogP contribution >= 0.6 is 0 Å². The van der Waals surface area contributed by atoms with Gasteiger partial charge in [-0.15, -0.1) is 0 Å². The zero-order valence-electron chi connectivity index (χ0n) is 21.4. The molecule has 1 atom stereocenters. The average molecular weight is 554 g/mol. The van der Waals surface area contributed by atoms with Crippen LogP contribution in [0.5, 0.6) is 0 Å². The molecule has 0 fully saturated rings. The van der Waals surface area contributed by atoms with E-state index in [1.165, 1.54) is 17.0 Å². The van der Waals surface area contributed by atoms with E-state index in [0.717, 1.165) is 6.26 Å². The lowest BCUT2D eigenvalue weighted by Crippen LogP contribution is -2.28. The number of pyridine rings is 1. The molecule has 0 saturated heterocycles. The third-order valence-corrected chi connectivity index (χ3v) is 6.57. The first-order chi connectivity index (χ1) is 19.1. The quantitative estimate of drug-likeness (QED) is 0.270. The molecule has 4 N–H and O–H groups in total. The van der Waals surface area contributed by atoms with Gasteiger partial charge in [-0.1, -0.05) is 30.3 Å². The van der Waals surface area contributed by atoms with Crippen LogP contribution in [0.3, 0.4) is 0 Å². The largest absolute Gasteiger partial charge is 0.368 e. The van der Waals surface area contributed by atoms with E-state index < -0.39 is 16.1 Å². The van der Waals surface area contributed by atoms with Gasteiger partial charge in [0.05, 0.1) is 47.0 Å². The Kier molecular flexibility index (Phi) is 6.85. The highest BCUT2D eigenvalue weighted by Crippen LogP contribution is 2.29. The molecule has 13 heteroatoms. The molecule has 0 aliphatic rings. The van der Waals surface area contributed by atoms with Crippen molar-refractivity contribution < 1.29 is 8.42 Å². The molecule has 0 unspecified atom stereocenters. The number of nitrogens with one attached hydrogen (secondary N) is 2. The van der Waals surface area contributed by atoms with Crippen LogP contribution in [0.15, 0.2) is 78.0 Å². The van der Waals surface area contributed by atoms with Crippen LogP contribution in [0, 0.1) is 11.3 Å². The van der Waals surface area contributed by atoms with Gasteiger partial charge in [0.1, 0.15) is 23.3 Å². The Hall–Kier alpha value is -5.35. The minimum Gasteiger partial charge on any atom is -0.368 e. The number of aromatic nitrogens is 5. The van der Waals surface area contributed by atoms with Crippen LogP contribution in [-0.4, -0.2) is 39.2 Å². The van der Waals surface area contributed by atoms with Gasteiger partial charge in [-0.3, -0.25) is 19.1 Å². The number of benzene rings is 2. The molecule has 12 nitrogen and oxygen atoms in total. The van der Waals surface area contributed by atoms with E-state index in [4.69, 9.17) is 10.7 Å². The van der Waals surface area contributed by atoms with Gasteiger partial charge in [0.2, 0.25) is 16.0 Å². The van der Waals surface area contributed by atoms with Crippen LogP contribution in [0.1, 0.15) is 24.4 Å². The molecule has 0 radical (unpaired) electrons. The highest BCUT2D eigenvalue weighted by Gasteiger charge is 2.22. The van der Waals surface area contributed by atoms with Crippen molar-refractivity contribution >= 4 is 38.4 Å². The number of para-hydroxylation sites is 1. The van der Waals surface area contributed by atoms with Crippen LogP contribution < -0.4 is 21.3 Å². The van der Waals surface area contributed by atoms with Gasteiger partial charge in [-0.2, -0.15) is 10.2 Å². The molecular formula is C27H23N9O3S. The fourth-order valence-corrected chi connectivity index (χ4v) is 4.86.